The first-order valence-electron chi connectivity index (χ1n) is 15.0. The van der Waals surface area contributed by atoms with Crippen LogP contribution in [0.25, 0.3) is 0 Å². The predicted octanol–water partition coefficient (Wildman–Crippen LogP) is 6.05. The van der Waals surface area contributed by atoms with Gasteiger partial charge in [0.05, 0.1) is 13.7 Å². The van der Waals surface area contributed by atoms with Crippen LogP contribution in [0.5, 0.6) is 23.1 Å². The second-order valence-electron chi connectivity index (χ2n) is 11.0. The summed E-state index contributed by atoms with van der Waals surface area (Å²) in [6.45, 7) is 9.40. The first-order chi connectivity index (χ1) is 21.8. The second-order valence-corrected chi connectivity index (χ2v) is 11.0. The average Bonchev–Trinajstić information content (AvgIpc) is 3.03. The van der Waals surface area contributed by atoms with Crippen molar-refractivity contribution in [3.05, 3.63) is 89.4 Å². The standard InChI is InChI=1S/C34H39FN6O4/c1-23-7-5-8-24(2)31(23)38-32(42)28-22-36-34(39-33(28)45-27-12-10-26(43-4)11-13-27)37-25-9-14-30(29(35)21-25)44-20-6-15-41-18-16-40(3)17-19-41/h5,7-14,21-22H,6,15-20H2,1-4H3,(H,38,42)(H,36,37,39). The van der Waals surface area contributed by atoms with Crippen LogP contribution in [0.15, 0.2) is 66.9 Å². The Hall–Kier alpha value is -4.74. The molecule has 1 saturated heterocycles. The smallest absolute Gasteiger partial charge is 0.262 e. The number of nitrogens with one attached hydrogen (secondary N) is 2. The number of carbonyl (C=O) groups excluding carboxylic acids is 1. The molecule has 5 rings (SSSR count). The lowest BCUT2D eigenvalue weighted by Gasteiger charge is -2.32. The molecule has 0 atom stereocenters. The third kappa shape index (κ3) is 8.46. The number of aromatic nitrogens is 2. The van der Waals surface area contributed by atoms with Crippen LogP contribution in [0, 0.1) is 19.7 Å². The quantitative estimate of drug-likeness (QED) is 0.185. The second kappa shape index (κ2) is 14.8. The van der Waals surface area contributed by atoms with Gasteiger partial charge in [-0.15, -0.1) is 0 Å². The Balaban J connectivity index is 1.28. The molecule has 0 radical (unpaired) electrons. The van der Waals surface area contributed by atoms with Gasteiger partial charge in [0, 0.05) is 56.4 Å². The largest absolute Gasteiger partial charge is 0.497 e. The molecule has 1 aromatic heterocycles. The number of rotatable bonds is 12. The molecule has 0 bridgehead atoms. The fourth-order valence-electron chi connectivity index (χ4n) is 4.97. The van der Waals surface area contributed by atoms with Gasteiger partial charge in [0.15, 0.2) is 11.6 Å². The minimum atomic E-state index is -0.501. The number of hydrogen-bond acceptors (Lipinski definition) is 9. The number of anilines is 3. The third-order valence-corrected chi connectivity index (χ3v) is 7.65. The summed E-state index contributed by atoms with van der Waals surface area (Å²) in [6, 6.07) is 17.3. The summed E-state index contributed by atoms with van der Waals surface area (Å²) in [5, 5.41) is 5.96. The summed E-state index contributed by atoms with van der Waals surface area (Å²) in [5.41, 5.74) is 3.09. The van der Waals surface area contributed by atoms with E-state index in [0.29, 0.717) is 29.5 Å². The molecule has 0 aliphatic carbocycles. The van der Waals surface area contributed by atoms with Crippen molar-refractivity contribution >= 4 is 23.2 Å². The summed E-state index contributed by atoms with van der Waals surface area (Å²) in [6.07, 6.45) is 2.20. The van der Waals surface area contributed by atoms with E-state index in [1.807, 2.05) is 32.0 Å². The summed E-state index contributed by atoms with van der Waals surface area (Å²) in [7, 11) is 3.70. The number of piperazine rings is 1. The van der Waals surface area contributed by atoms with Crippen molar-refractivity contribution in [2.75, 3.05) is 64.1 Å². The molecule has 1 amide bonds. The highest BCUT2D eigenvalue weighted by atomic mass is 19.1. The van der Waals surface area contributed by atoms with Gasteiger partial charge < -0.3 is 34.6 Å². The van der Waals surface area contributed by atoms with Crippen molar-refractivity contribution in [2.45, 2.75) is 20.3 Å². The van der Waals surface area contributed by atoms with E-state index < -0.39 is 11.7 Å². The van der Waals surface area contributed by atoms with Crippen molar-refractivity contribution in [1.82, 2.24) is 19.8 Å². The molecule has 45 heavy (non-hydrogen) atoms. The fraction of sp³-hybridized carbons (Fsp3) is 0.324. The average molecular weight is 615 g/mol. The lowest BCUT2D eigenvalue weighted by Crippen LogP contribution is -2.44. The number of methoxy groups -OCH3 is 1. The number of likely N-dealkylation sites (N-methyl/N-ethyl adjacent to an activating group) is 1. The molecular formula is C34H39FN6O4. The SMILES string of the molecule is COc1ccc(Oc2nc(Nc3ccc(OCCCN4CCN(C)CC4)c(F)c3)ncc2C(=O)Nc2c(C)cccc2C)cc1. The molecule has 0 saturated carbocycles. The first kappa shape index (κ1) is 31.7. The van der Waals surface area contributed by atoms with E-state index in [1.165, 1.54) is 12.3 Å². The van der Waals surface area contributed by atoms with Crippen LogP contribution in [0.4, 0.5) is 21.7 Å². The van der Waals surface area contributed by atoms with E-state index in [9.17, 15) is 9.18 Å². The van der Waals surface area contributed by atoms with Gasteiger partial charge in [-0.05, 0) is 74.8 Å². The van der Waals surface area contributed by atoms with Crippen LogP contribution in [0.2, 0.25) is 0 Å². The number of amides is 1. The van der Waals surface area contributed by atoms with Gasteiger partial charge in [-0.2, -0.15) is 4.98 Å². The van der Waals surface area contributed by atoms with E-state index in [1.54, 1.807) is 43.5 Å². The Morgan fingerprint density at radius 2 is 1.69 bits per heavy atom. The summed E-state index contributed by atoms with van der Waals surface area (Å²) in [5.74, 6) is 0.514. The Labute approximate surface area is 263 Å². The number of aryl methyl sites for hydroxylation is 2. The van der Waals surface area contributed by atoms with Gasteiger partial charge in [-0.25, -0.2) is 9.37 Å². The number of benzene rings is 3. The molecule has 2 heterocycles. The fourth-order valence-corrected chi connectivity index (χ4v) is 4.97. The highest BCUT2D eigenvalue weighted by Crippen LogP contribution is 2.29. The van der Waals surface area contributed by atoms with Crippen LogP contribution in [-0.4, -0.2) is 79.2 Å². The molecule has 0 unspecified atom stereocenters. The Morgan fingerprint density at radius 1 is 0.978 bits per heavy atom. The zero-order chi connectivity index (χ0) is 31.8. The van der Waals surface area contributed by atoms with Gasteiger partial charge >= 0.3 is 0 Å². The molecule has 0 spiro atoms. The van der Waals surface area contributed by atoms with Gasteiger partial charge in [-0.3, -0.25) is 4.79 Å². The normalized spacial score (nSPS) is 13.7. The number of ether oxygens (including phenoxy) is 3. The van der Waals surface area contributed by atoms with Crippen LogP contribution >= 0.6 is 0 Å². The maximum Gasteiger partial charge on any atom is 0.262 e. The van der Waals surface area contributed by atoms with Gasteiger partial charge in [0.2, 0.25) is 11.8 Å². The highest BCUT2D eigenvalue weighted by molar-refractivity contribution is 6.06. The van der Waals surface area contributed by atoms with Crippen LogP contribution in [0.1, 0.15) is 27.9 Å². The molecule has 1 aliphatic heterocycles. The molecule has 1 fully saturated rings. The topological polar surface area (TPSA) is 101 Å². The van der Waals surface area contributed by atoms with Crippen LogP contribution in [0.3, 0.4) is 0 Å². The maximum atomic E-state index is 14.9. The number of nitrogens with zero attached hydrogens (tertiary/aromatic N) is 4. The summed E-state index contributed by atoms with van der Waals surface area (Å²) in [4.78, 5) is 26.9. The highest BCUT2D eigenvalue weighted by Gasteiger charge is 2.20. The summed E-state index contributed by atoms with van der Waals surface area (Å²) < 4.78 is 31.9. The molecule has 3 aromatic carbocycles. The van der Waals surface area contributed by atoms with Gasteiger partial charge in [0.1, 0.15) is 17.1 Å². The van der Waals surface area contributed by atoms with Gasteiger partial charge in [-0.1, -0.05) is 18.2 Å². The molecule has 10 nitrogen and oxygen atoms in total. The van der Waals surface area contributed by atoms with Crippen molar-refractivity contribution < 1.29 is 23.4 Å². The Morgan fingerprint density at radius 3 is 2.38 bits per heavy atom. The maximum absolute atomic E-state index is 14.9. The number of carbonyl (C=O) groups is 1. The van der Waals surface area contributed by atoms with E-state index in [-0.39, 0.29) is 23.1 Å². The van der Waals surface area contributed by atoms with Crippen molar-refractivity contribution in [3.63, 3.8) is 0 Å². The lowest BCUT2D eigenvalue weighted by atomic mass is 10.1. The first-order valence-corrected chi connectivity index (χ1v) is 15.0. The lowest BCUT2D eigenvalue weighted by molar-refractivity contribution is 0.102. The number of para-hydroxylation sites is 1. The predicted molar refractivity (Wildman–Crippen MR) is 173 cm³/mol. The molecule has 1 aliphatic rings. The number of hydrogen-bond donors (Lipinski definition) is 2. The molecule has 4 aromatic rings. The van der Waals surface area contributed by atoms with Crippen molar-refractivity contribution in [3.8, 4) is 23.1 Å². The van der Waals surface area contributed by atoms with E-state index in [2.05, 4.69) is 37.4 Å². The minimum absolute atomic E-state index is 0.0298. The molecule has 2 N–H and O–H groups in total. The Bertz CT molecular complexity index is 1590. The Kier molecular flexibility index (Phi) is 10.4. The van der Waals surface area contributed by atoms with Gasteiger partial charge in [0.25, 0.3) is 5.91 Å². The van der Waals surface area contributed by atoms with E-state index in [4.69, 9.17) is 14.2 Å². The summed E-state index contributed by atoms with van der Waals surface area (Å²) >= 11 is 0. The number of halogens is 1. The molecule has 236 valence electrons. The van der Waals surface area contributed by atoms with Crippen molar-refractivity contribution in [2.24, 2.45) is 0 Å². The van der Waals surface area contributed by atoms with Crippen molar-refractivity contribution in [1.29, 1.82) is 0 Å². The monoisotopic (exact) mass is 614 g/mol. The zero-order valence-electron chi connectivity index (χ0n) is 26.1. The van der Waals surface area contributed by atoms with Crippen LogP contribution < -0.4 is 24.8 Å². The minimum Gasteiger partial charge on any atom is -0.497 e. The zero-order valence-corrected chi connectivity index (χ0v) is 26.1. The van der Waals surface area contributed by atoms with Crippen LogP contribution in [-0.2, 0) is 0 Å². The molecular weight excluding hydrogens is 575 g/mol. The van der Waals surface area contributed by atoms with E-state index >= 15 is 0 Å². The van der Waals surface area contributed by atoms with E-state index in [0.717, 1.165) is 50.3 Å². The third-order valence-electron chi connectivity index (χ3n) is 7.65. The molecule has 11 heteroatoms.